The summed E-state index contributed by atoms with van der Waals surface area (Å²) in [5, 5.41) is 38.3. The molecule has 86 heavy (non-hydrogen) atoms. The average molecular weight is 1200 g/mol. The van der Waals surface area contributed by atoms with Crippen molar-refractivity contribution in [1.82, 2.24) is 39.5 Å². The Bertz CT molecular complexity index is 3560. The van der Waals surface area contributed by atoms with Crippen molar-refractivity contribution in [2.24, 2.45) is 0 Å². The van der Waals surface area contributed by atoms with E-state index in [4.69, 9.17) is 14.7 Å². The fourth-order valence-electron chi connectivity index (χ4n) is 11.4. The number of aromatic amines is 2. The van der Waals surface area contributed by atoms with Gasteiger partial charge in [0.25, 0.3) is 11.8 Å². The van der Waals surface area contributed by atoms with Crippen molar-refractivity contribution in [2.75, 3.05) is 45.9 Å². The maximum atomic E-state index is 15.7. The van der Waals surface area contributed by atoms with Gasteiger partial charge in [-0.25, -0.2) is 4.98 Å². The molecule has 3 aromatic heterocycles. The highest BCUT2D eigenvalue weighted by Crippen LogP contribution is 2.49. The number of carboxylic acid groups (broad SMARTS) is 4. The summed E-state index contributed by atoms with van der Waals surface area (Å²) in [5.74, 6) is -12.4. The molecule has 3 unspecified atom stereocenters. The molecule has 7 rings (SSSR count). The van der Waals surface area contributed by atoms with Crippen LogP contribution in [0, 0.1) is 20.8 Å². The van der Waals surface area contributed by atoms with E-state index in [1.807, 2.05) is 33.8 Å². The van der Waals surface area contributed by atoms with Crippen LogP contribution in [0.1, 0.15) is 175 Å². The number of unbranched alkanes of at least 4 members (excludes halogenated alkanes) is 3. The number of aromatic nitrogens is 4. The minimum Gasteiger partial charge on any atom is -0.480 e. The second-order valence-corrected chi connectivity index (χ2v) is 22.3. The molecule has 22 nitrogen and oxygen atoms in total. The van der Waals surface area contributed by atoms with E-state index in [1.54, 1.807) is 32.9 Å². The van der Waals surface area contributed by atoms with Crippen LogP contribution in [-0.2, 0) is 56.4 Å². The van der Waals surface area contributed by atoms with E-state index in [9.17, 15) is 67.2 Å². The maximum absolute atomic E-state index is 15.7. The quantitative estimate of drug-likeness (QED) is 0.0267. The number of halogens is 3. The van der Waals surface area contributed by atoms with Crippen molar-refractivity contribution in [3.05, 3.63) is 104 Å². The fraction of sp³-hybridized carbons (Fsp3) is 0.459. The standard InChI is InChI=1S/C61H71F3N8O14/c1-10-12-13-14-19-86-36(8)53-33(5)41-21-43-35(7)60(9,18-17-46(73)69(25-47(74)70(27-49(76)77)28-50(78)79)26-48(75)71(29-51(80)81)30-52(82)83)57(68-43)55-56-54(58(84)72(59(55)85)24-37-15-16-38(20-31(37)3)61(62,63)64)34(6)42(67-56)22-44-39(11-2)32(4)40(65-44)23-45(53)66-41/h15-16,20-23,35-36,66-67H,10-14,17-19,24-30H2,1-9H3,(H,76,77)(H,78,79)(H,80,81)(H,82,83). The van der Waals surface area contributed by atoms with Crippen LogP contribution in [0.3, 0.4) is 0 Å². The van der Waals surface area contributed by atoms with Crippen molar-refractivity contribution >= 4 is 86.6 Å². The molecule has 5 amide bonds. The van der Waals surface area contributed by atoms with Crippen LogP contribution in [-0.4, -0.2) is 159 Å². The lowest BCUT2D eigenvalue weighted by Gasteiger charge is -2.34. The van der Waals surface area contributed by atoms with Crippen molar-refractivity contribution < 1.29 is 81.5 Å². The van der Waals surface area contributed by atoms with E-state index < -0.39 is 135 Å². The van der Waals surface area contributed by atoms with Gasteiger partial charge in [-0.3, -0.25) is 53.0 Å². The molecule has 0 aliphatic carbocycles. The first-order chi connectivity index (χ1) is 40.4. The highest BCUT2D eigenvalue weighted by Gasteiger charge is 2.48. The number of nitrogens with one attached hydrogen (secondary N) is 2. The summed E-state index contributed by atoms with van der Waals surface area (Å²) in [6.45, 7) is 9.72. The lowest BCUT2D eigenvalue weighted by Crippen LogP contribution is -2.51. The van der Waals surface area contributed by atoms with Crippen molar-refractivity contribution in [2.45, 2.75) is 137 Å². The summed E-state index contributed by atoms with van der Waals surface area (Å²) in [7, 11) is 0. The number of H-pyrrole nitrogens is 2. The van der Waals surface area contributed by atoms with Gasteiger partial charge in [-0.2, -0.15) is 13.2 Å². The zero-order chi connectivity index (χ0) is 63.4. The van der Waals surface area contributed by atoms with Gasteiger partial charge in [-0.05, 0) is 118 Å². The number of nitrogens with zero attached hydrogens (tertiary/aromatic N) is 6. The first-order valence-electron chi connectivity index (χ1n) is 28.2. The number of alkyl halides is 3. The number of allylic oxidation sites excluding steroid dienone is 2. The molecule has 3 atom stereocenters. The zero-order valence-electron chi connectivity index (χ0n) is 49.4. The Labute approximate surface area is 493 Å². The van der Waals surface area contributed by atoms with Crippen molar-refractivity contribution in [1.29, 1.82) is 0 Å². The molecule has 6 N–H and O–H groups in total. The Hall–Kier alpha value is -8.74. The van der Waals surface area contributed by atoms with Gasteiger partial charge in [0, 0.05) is 52.2 Å². The van der Waals surface area contributed by atoms with Crippen LogP contribution >= 0.6 is 0 Å². The number of carbonyl (C=O) groups excluding carboxylic acids is 5. The number of amides is 5. The van der Waals surface area contributed by atoms with Gasteiger partial charge in [0.05, 0.1) is 51.9 Å². The SMILES string of the molecule is CCCCCCOC(C)c1c(C)c2cc3nc(c4c5[nH]c(cc6nc(cc1[nH]2)C(C)=C6CC)c(C)c5C(=O)N(Cc1ccc(C(F)(F)F)cc1C)C4=O)C(C)(CCC(=O)N(CC(=O)N(CC(=O)O)CC(=O)O)CC(=O)N(CC(=O)O)CC(=O)O)C3C. The molecule has 3 aliphatic heterocycles. The third-order valence-corrected chi connectivity index (χ3v) is 16.5. The minimum absolute atomic E-state index is 0.0413. The summed E-state index contributed by atoms with van der Waals surface area (Å²) < 4.78 is 48.4. The van der Waals surface area contributed by atoms with Crippen LogP contribution in [0.5, 0.6) is 0 Å². The molecule has 0 radical (unpaired) electrons. The maximum Gasteiger partial charge on any atom is 0.416 e. The predicted molar refractivity (Wildman–Crippen MR) is 307 cm³/mol. The van der Waals surface area contributed by atoms with Gasteiger partial charge in [0.15, 0.2) is 0 Å². The number of aryl methyl sites for hydroxylation is 3. The van der Waals surface area contributed by atoms with E-state index in [1.165, 1.54) is 13.0 Å². The largest absolute Gasteiger partial charge is 0.480 e. The van der Waals surface area contributed by atoms with Crippen LogP contribution < -0.4 is 0 Å². The number of carboxylic acids is 4. The molecule has 0 saturated carbocycles. The topological polar surface area (TPSA) is 314 Å². The lowest BCUT2D eigenvalue weighted by molar-refractivity contribution is -0.153. The van der Waals surface area contributed by atoms with Crippen molar-refractivity contribution in [3.63, 3.8) is 0 Å². The number of hydrogen-bond acceptors (Lipinski definition) is 12. The zero-order valence-corrected chi connectivity index (χ0v) is 49.4. The molecule has 4 aromatic rings. The molecule has 460 valence electrons. The molecule has 25 heteroatoms. The Morgan fingerprint density at radius 1 is 0.709 bits per heavy atom. The smallest absolute Gasteiger partial charge is 0.416 e. The number of hydrogen-bond donors (Lipinski definition) is 6. The normalized spacial score (nSPS) is 16.1. The summed E-state index contributed by atoms with van der Waals surface area (Å²) in [6, 6.07) is 8.50. The minimum atomic E-state index is -4.70. The molecular formula is C61H71F3N8O14. The first kappa shape index (κ1) is 64.8. The van der Waals surface area contributed by atoms with Crippen LogP contribution in [0.25, 0.3) is 33.2 Å². The van der Waals surface area contributed by atoms with Gasteiger partial charge < -0.3 is 49.8 Å². The van der Waals surface area contributed by atoms with Gasteiger partial charge in [-0.15, -0.1) is 0 Å². The summed E-state index contributed by atoms with van der Waals surface area (Å²) in [5.41, 5.74) is 5.04. The number of benzene rings is 1. The Kier molecular flexibility index (Phi) is 19.8. The van der Waals surface area contributed by atoms with Crippen LogP contribution in [0.15, 0.2) is 36.4 Å². The Balaban J connectivity index is 1.49. The molecule has 1 aromatic carbocycles. The molecule has 6 heterocycles. The third kappa shape index (κ3) is 13.8. The first-order valence-corrected chi connectivity index (χ1v) is 28.2. The Morgan fingerprint density at radius 3 is 1.81 bits per heavy atom. The lowest BCUT2D eigenvalue weighted by atomic mass is 9.71. The molecule has 0 fully saturated rings. The summed E-state index contributed by atoms with van der Waals surface area (Å²) >= 11 is 0. The van der Waals surface area contributed by atoms with Crippen LogP contribution in [0.2, 0.25) is 0 Å². The Morgan fingerprint density at radius 2 is 1.27 bits per heavy atom. The third-order valence-electron chi connectivity index (χ3n) is 16.5. The van der Waals surface area contributed by atoms with E-state index in [2.05, 4.69) is 16.9 Å². The fourth-order valence-corrected chi connectivity index (χ4v) is 11.4. The summed E-state index contributed by atoms with van der Waals surface area (Å²) in [6.07, 6.45) is -1.55. The number of fused-ring (bicyclic) bond motifs is 8. The molecule has 8 bridgehead atoms. The van der Waals surface area contributed by atoms with Gasteiger partial charge in [0.2, 0.25) is 17.7 Å². The number of aliphatic carboxylic acids is 4. The number of ether oxygens (including phenoxy) is 1. The molecule has 0 saturated heterocycles. The van der Waals surface area contributed by atoms with Gasteiger partial charge in [0.1, 0.15) is 39.3 Å². The number of carbonyl (C=O) groups is 9. The second-order valence-electron chi connectivity index (χ2n) is 22.3. The van der Waals surface area contributed by atoms with E-state index in [-0.39, 0.29) is 39.9 Å². The van der Waals surface area contributed by atoms with Crippen molar-refractivity contribution in [3.8, 4) is 0 Å². The van der Waals surface area contributed by atoms with E-state index in [0.717, 1.165) is 65.0 Å². The number of rotatable bonds is 25. The van der Waals surface area contributed by atoms with E-state index in [0.29, 0.717) is 66.9 Å². The average Bonchev–Trinajstić information content (AvgIpc) is 1.61. The second kappa shape index (κ2) is 26.3. The highest BCUT2D eigenvalue weighted by atomic mass is 19.4. The molecular weight excluding hydrogens is 1130 g/mol. The summed E-state index contributed by atoms with van der Waals surface area (Å²) in [4.78, 5) is 140. The molecule has 3 aliphatic rings. The monoisotopic (exact) mass is 1200 g/mol. The number of imide groups is 1. The van der Waals surface area contributed by atoms with Gasteiger partial charge >= 0.3 is 30.1 Å². The van der Waals surface area contributed by atoms with Crippen LogP contribution in [0.4, 0.5) is 13.2 Å². The van der Waals surface area contributed by atoms with Gasteiger partial charge in [-0.1, -0.05) is 53.0 Å². The predicted octanol–water partition coefficient (Wildman–Crippen LogP) is 8.72. The molecule has 0 spiro atoms. The van der Waals surface area contributed by atoms with E-state index >= 15 is 9.59 Å². The highest BCUT2D eigenvalue weighted by molar-refractivity contribution is 6.23.